The molecule has 0 bridgehead atoms. The van der Waals surface area contributed by atoms with Crippen molar-refractivity contribution < 1.29 is 13.2 Å². The topological polar surface area (TPSA) is 93.4 Å². The van der Waals surface area contributed by atoms with Crippen LogP contribution in [0.3, 0.4) is 0 Å². The Balaban J connectivity index is 2.14. The largest absolute Gasteiger partial charge is 0.416 e. The molecular formula is C18H14BrF3N6S. The summed E-state index contributed by atoms with van der Waals surface area (Å²) in [7, 11) is 0. The summed E-state index contributed by atoms with van der Waals surface area (Å²) in [5, 5.41) is 18.5. The van der Waals surface area contributed by atoms with Crippen LogP contribution in [0, 0.1) is 18.3 Å². The number of aromatic nitrogens is 4. The number of aryl methyl sites for hydroxylation is 1. The third kappa shape index (κ3) is 3.95. The highest BCUT2D eigenvalue weighted by molar-refractivity contribution is 9.10. The standard InChI is InChI=1S/C18H14BrF3N6S/c1-9-13(19)6-25-16-14(9)26-28(27-16)8-17(2,7-23)12-5-10(18(20,21)22)3-4-11(12)15(24)29/h3-6H,8H2,1-2H3,(H2,24,29). The molecular weight excluding hydrogens is 469 g/mol. The minimum absolute atomic E-state index is 0.0644. The highest BCUT2D eigenvalue weighted by Crippen LogP contribution is 2.35. The summed E-state index contributed by atoms with van der Waals surface area (Å²) in [5.74, 6) is 0. The summed E-state index contributed by atoms with van der Waals surface area (Å²) in [4.78, 5) is 5.32. The molecule has 0 amide bonds. The second-order valence-corrected chi connectivity index (χ2v) is 7.99. The maximum atomic E-state index is 13.3. The van der Waals surface area contributed by atoms with E-state index < -0.39 is 17.2 Å². The lowest BCUT2D eigenvalue weighted by Gasteiger charge is -2.25. The van der Waals surface area contributed by atoms with Crippen molar-refractivity contribution in [2.45, 2.75) is 32.0 Å². The molecule has 1 atom stereocenters. The molecule has 11 heteroatoms. The van der Waals surface area contributed by atoms with E-state index in [1.54, 1.807) is 6.20 Å². The van der Waals surface area contributed by atoms with E-state index in [1.165, 1.54) is 17.8 Å². The number of benzene rings is 1. The molecule has 0 aliphatic heterocycles. The number of hydrogen-bond acceptors (Lipinski definition) is 5. The highest BCUT2D eigenvalue weighted by atomic mass is 79.9. The van der Waals surface area contributed by atoms with Gasteiger partial charge < -0.3 is 5.73 Å². The van der Waals surface area contributed by atoms with Crippen molar-refractivity contribution in [3.8, 4) is 6.07 Å². The van der Waals surface area contributed by atoms with Crippen LogP contribution in [0.5, 0.6) is 0 Å². The molecule has 0 radical (unpaired) electrons. The normalized spacial score (nSPS) is 13.8. The summed E-state index contributed by atoms with van der Waals surface area (Å²) in [6, 6.07) is 5.05. The molecule has 1 aromatic carbocycles. The molecule has 3 aromatic rings. The van der Waals surface area contributed by atoms with E-state index in [-0.39, 0.29) is 22.7 Å². The smallest absolute Gasteiger partial charge is 0.389 e. The molecule has 29 heavy (non-hydrogen) atoms. The number of fused-ring (bicyclic) bond motifs is 1. The third-order valence-corrected chi connectivity index (χ3v) is 5.58. The average Bonchev–Trinajstić information content (AvgIpc) is 3.06. The maximum absolute atomic E-state index is 13.3. The van der Waals surface area contributed by atoms with E-state index in [0.717, 1.165) is 22.2 Å². The lowest BCUT2D eigenvalue weighted by atomic mass is 9.80. The van der Waals surface area contributed by atoms with Gasteiger partial charge in [0.05, 0.1) is 18.2 Å². The first kappa shape index (κ1) is 21.1. The van der Waals surface area contributed by atoms with E-state index in [4.69, 9.17) is 18.0 Å². The van der Waals surface area contributed by atoms with E-state index in [9.17, 15) is 18.4 Å². The molecule has 6 nitrogen and oxygen atoms in total. The Hall–Kier alpha value is -2.58. The summed E-state index contributed by atoms with van der Waals surface area (Å²) in [5.41, 5.74) is 5.34. The number of hydrogen-bond donors (Lipinski definition) is 1. The Morgan fingerprint density at radius 3 is 2.62 bits per heavy atom. The summed E-state index contributed by atoms with van der Waals surface area (Å²) >= 11 is 8.35. The van der Waals surface area contributed by atoms with Gasteiger partial charge in [0.1, 0.15) is 15.9 Å². The summed E-state index contributed by atoms with van der Waals surface area (Å²) in [6.45, 7) is 3.21. The van der Waals surface area contributed by atoms with Crippen molar-refractivity contribution in [2.24, 2.45) is 5.73 Å². The fourth-order valence-corrected chi connectivity index (χ4v) is 3.39. The molecule has 0 aliphatic rings. The number of rotatable bonds is 4. The number of pyridine rings is 1. The van der Waals surface area contributed by atoms with Gasteiger partial charge in [0.15, 0.2) is 0 Å². The Kier molecular flexibility index (Phi) is 5.36. The number of nitriles is 1. The minimum atomic E-state index is -4.58. The van der Waals surface area contributed by atoms with E-state index in [2.05, 4.69) is 37.2 Å². The van der Waals surface area contributed by atoms with Gasteiger partial charge in [-0.2, -0.15) is 28.3 Å². The van der Waals surface area contributed by atoms with E-state index >= 15 is 0 Å². The van der Waals surface area contributed by atoms with Crippen LogP contribution in [-0.2, 0) is 18.1 Å². The molecule has 2 N–H and O–H groups in total. The summed E-state index contributed by atoms with van der Waals surface area (Å²) in [6.07, 6.45) is -3.00. The van der Waals surface area contributed by atoms with Crippen molar-refractivity contribution in [3.63, 3.8) is 0 Å². The van der Waals surface area contributed by atoms with Gasteiger partial charge >= 0.3 is 6.18 Å². The van der Waals surface area contributed by atoms with Crippen molar-refractivity contribution in [1.82, 2.24) is 20.0 Å². The van der Waals surface area contributed by atoms with Crippen molar-refractivity contribution in [2.75, 3.05) is 0 Å². The first-order valence-corrected chi connectivity index (χ1v) is 9.45. The van der Waals surface area contributed by atoms with Gasteiger partial charge in [-0.3, -0.25) is 0 Å². The predicted molar refractivity (Wildman–Crippen MR) is 108 cm³/mol. The van der Waals surface area contributed by atoms with Gasteiger partial charge in [0.2, 0.25) is 5.65 Å². The zero-order valence-corrected chi connectivity index (χ0v) is 17.7. The number of thiocarbonyl (C=S) groups is 1. The van der Waals surface area contributed by atoms with Crippen molar-refractivity contribution in [1.29, 1.82) is 5.26 Å². The summed E-state index contributed by atoms with van der Waals surface area (Å²) < 4.78 is 40.5. The zero-order chi connectivity index (χ0) is 21.6. The predicted octanol–water partition coefficient (Wildman–Crippen LogP) is 4.03. The van der Waals surface area contributed by atoms with Crippen molar-refractivity contribution >= 4 is 44.3 Å². The fourth-order valence-electron chi connectivity index (χ4n) is 2.92. The highest BCUT2D eigenvalue weighted by Gasteiger charge is 2.36. The first-order valence-electron chi connectivity index (χ1n) is 8.25. The van der Waals surface area contributed by atoms with E-state index in [1.807, 2.05) is 6.92 Å². The maximum Gasteiger partial charge on any atom is 0.416 e. The SMILES string of the molecule is Cc1c(Br)cnc2nn(CC(C)(C#N)c3cc(C(F)(F)F)ccc3C(N)=S)nc12. The van der Waals surface area contributed by atoms with Crippen LogP contribution in [0.2, 0.25) is 0 Å². The molecule has 2 aromatic heterocycles. The van der Waals surface area contributed by atoms with Gasteiger partial charge in [-0.25, -0.2) is 4.98 Å². The van der Waals surface area contributed by atoms with Crippen LogP contribution in [0.4, 0.5) is 13.2 Å². The average molecular weight is 483 g/mol. The molecule has 0 saturated heterocycles. The molecule has 150 valence electrons. The molecule has 1 unspecified atom stereocenters. The third-order valence-electron chi connectivity index (χ3n) is 4.56. The molecule has 0 aliphatic carbocycles. The van der Waals surface area contributed by atoms with Gasteiger partial charge in [0.25, 0.3) is 0 Å². The Labute approximate surface area is 177 Å². The number of halogens is 4. The van der Waals surface area contributed by atoms with Crippen molar-refractivity contribution in [3.05, 3.63) is 51.1 Å². The van der Waals surface area contributed by atoms with Crippen LogP contribution < -0.4 is 5.73 Å². The van der Waals surface area contributed by atoms with Gasteiger partial charge in [-0.05, 0) is 53.0 Å². The van der Waals surface area contributed by atoms with Crippen LogP contribution in [0.15, 0.2) is 28.9 Å². The second-order valence-electron chi connectivity index (χ2n) is 6.70. The van der Waals surface area contributed by atoms with Crippen LogP contribution >= 0.6 is 28.1 Å². The second kappa shape index (κ2) is 7.35. The van der Waals surface area contributed by atoms with E-state index in [0.29, 0.717) is 11.2 Å². The van der Waals surface area contributed by atoms with Gasteiger partial charge in [0, 0.05) is 16.2 Å². The molecule has 3 rings (SSSR count). The lowest BCUT2D eigenvalue weighted by Crippen LogP contribution is -2.31. The number of nitrogens with two attached hydrogens (primary N) is 1. The van der Waals surface area contributed by atoms with Gasteiger partial charge in [-0.15, -0.1) is 5.10 Å². The fraction of sp³-hybridized carbons (Fsp3) is 0.278. The molecule has 0 saturated carbocycles. The number of alkyl halides is 3. The van der Waals surface area contributed by atoms with Crippen LogP contribution in [0.1, 0.15) is 29.2 Å². The molecule has 0 spiro atoms. The molecule has 0 fully saturated rings. The quantitative estimate of drug-likeness (QED) is 0.564. The minimum Gasteiger partial charge on any atom is -0.389 e. The lowest BCUT2D eigenvalue weighted by molar-refractivity contribution is -0.137. The van der Waals surface area contributed by atoms with Crippen LogP contribution in [-0.4, -0.2) is 25.0 Å². The monoisotopic (exact) mass is 482 g/mol. The zero-order valence-electron chi connectivity index (χ0n) is 15.3. The van der Waals surface area contributed by atoms with Crippen LogP contribution in [0.25, 0.3) is 11.2 Å². The van der Waals surface area contributed by atoms with Gasteiger partial charge in [-0.1, -0.05) is 18.3 Å². The first-order chi connectivity index (χ1) is 13.5. The Bertz CT molecular complexity index is 1170. The number of nitrogens with zero attached hydrogens (tertiary/aromatic N) is 5. The molecule has 2 heterocycles. The Morgan fingerprint density at radius 2 is 2.03 bits per heavy atom. The Morgan fingerprint density at radius 1 is 1.34 bits per heavy atom.